The molecule has 0 aromatic carbocycles. The maximum absolute atomic E-state index is 6.37. The topological polar surface area (TPSA) is 28.2 Å². The van der Waals surface area contributed by atoms with E-state index in [1.165, 1.54) is 19.3 Å². The van der Waals surface area contributed by atoms with Crippen LogP contribution in [0.4, 0.5) is 0 Å². The Balaban J connectivity index is 0.00000220. The summed E-state index contributed by atoms with van der Waals surface area (Å²) < 4.78 is 0. The van der Waals surface area contributed by atoms with Crippen LogP contribution in [0.2, 0.25) is 10.0 Å². The minimum Gasteiger partial charge on any atom is -0.314 e. The molecular formula is C15H25Cl4N3. The first-order valence-electron chi connectivity index (χ1n) is 7.47. The van der Waals surface area contributed by atoms with Crippen molar-refractivity contribution in [3.05, 3.63) is 28.0 Å². The van der Waals surface area contributed by atoms with Crippen molar-refractivity contribution in [2.75, 3.05) is 26.2 Å². The molecule has 1 fully saturated rings. The van der Waals surface area contributed by atoms with Crippen LogP contribution in [0.1, 0.15) is 44.2 Å². The summed E-state index contributed by atoms with van der Waals surface area (Å²) in [5.74, 6) is 0. The summed E-state index contributed by atoms with van der Waals surface area (Å²) in [4.78, 5) is 6.57. The Labute approximate surface area is 156 Å². The van der Waals surface area contributed by atoms with Crippen LogP contribution in [-0.2, 0) is 0 Å². The molecule has 1 aromatic rings. The fraction of sp³-hybridized carbons (Fsp3) is 0.667. The Hall–Kier alpha value is 0.230. The molecule has 22 heavy (non-hydrogen) atoms. The van der Waals surface area contributed by atoms with Crippen molar-refractivity contribution in [1.29, 1.82) is 0 Å². The number of hydrogen-bond acceptors (Lipinski definition) is 3. The van der Waals surface area contributed by atoms with Gasteiger partial charge >= 0.3 is 0 Å². The van der Waals surface area contributed by atoms with Crippen LogP contribution >= 0.6 is 48.0 Å². The highest BCUT2D eigenvalue weighted by Crippen LogP contribution is 2.36. The van der Waals surface area contributed by atoms with Gasteiger partial charge in [-0.05, 0) is 6.42 Å². The summed E-state index contributed by atoms with van der Waals surface area (Å²) in [6.07, 6.45) is 8.21. The lowest BCUT2D eigenvalue weighted by molar-refractivity contribution is 0.163. The lowest BCUT2D eigenvalue weighted by Gasteiger charge is -2.36. The molecule has 1 atom stereocenters. The van der Waals surface area contributed by atoms with Crippen LogP contribution in [-0.4, -0.2) is 36.1 Å². The van der Waals surface area contributed by atoms with Crippen molar-refractivity contribution >= 4 is 48.0 Å². The summed E-state index contributed by atoms with van der Waals surface area (Å²) in [6, 6.07) is 0.312. The van der Waals surface area contributed by atoms with Crippen molar-refractivity contribution < 1.29 is 0 Å². The maximum atomic E-state index is 6.37. The first-order valence-corrected chi connectivity index (χ1v) is 8.23. The Kier molecular flexibility index (Phi) is 11.8. The van der Waals surface area contributed by atoms with Gasteiger partial charge in [0.1, 0.15) is 0 Å². The van der Waals surface area contributed by atoms with Gasteiger partial charge in [-0.15, -0.1) is 24.8 Å². The highest BCUT2D eigenvalue weighted by Gasteiger charge is 2.25. The van der Waals surface area contributed by atoms with Crippen molar-refractivity contribution in [2.24, 2.45) is 0 Å². The van der Waals surface area contributed by atoms with Crippen LogP contribution in [0.15, 0.2) is 12.4 Å². The number of nitrogens with one attached hydrogen (secondary N) is 1. The second-order valence-corrected chi connectivity index (χ2v) is 6.13. The molecule has 0 bridgehead atoms. The molecule has 1 aliphatic heterocycles. The predicted octanol–water partition coefficient (Wildman–Crippen LogP) is 4.76. The molecule has 1 aliphatic rings. The fourth-order valence-electron chi connectivity index (χ4n) is 2.83. The number of halogens is 4. The molecule has 1 N–H and O–H groups in total. The second-order valence-electron chi connectivity index (χ2n) is 5.31. The highest BCUT2D eigenvalue weighted by molar-refractivity contribution is 6.35. The Morgan fingerprint density at radius 1 is 1.14 bits per heavy atom. The molecule has 0 radical (unpaired) electrons. The third kappa shape index (κ3) is 6.03. The van der Waals surface area contributed by atoms with E-state index in [0.717, 1.165) is 38.2 Å². The van der Waals surface area contributed by atoms with Gasteiger partial charge in [0, 0.05) is 50.2 Å². The Morgan fingerprint density at radius 2 is 1.73 bits per heavy atom. The van der Waals surface area contributed by atoms with Crippen LogP contribution in [0.3, 0.4) is 0 Å². The van der Waals surface area contributed by atoms with Crippen molar-refractivity contribution in [3.8, 4) is 0 Å². The zero-order valence-corrected chi connectivity index (χ0v) is 16.0. The number of hydrogen-bond donors (Lipinski definition) is 1. The number of pyridine rings is 1. The lowest BCUT2D eigenvalue weighted by atomic mass is 9.99. The average Bonchev–Trinajstić information content (AvgIpc) is 2.46. The minimum absolute atomic E-state index is 0. The molecule has 2 rings (SSSR count). The molecule has 3 nitrogen and oxygen atoms in total. The molecular weight excluding hydrogens is 364 g/mol. The SMILES string of the molecule is CCCCC[C@@H](c1c(Cl)cncc1Cl)N1CCNCC1.Cl.Cl. The van der Waals surface area contributed by atoms with Crippen molar-refractivity contribution in [1.82, 2.24) is 15.2 Å². The summed E-state index contributed by atoms with van der Waals surface area (Å²) in [6.45, 7) is 6.39. The van der Waals surface area contributed by atoms with E-state index < -0.39 is 0 Å². The van der Waals surface area contributed by atoms with E-state index >= 15 is 0 Å². The molecule has 2 heterocycles. The minimum atomic E-state index is 0. The zero-order chi connectivity index (χ0) is 14.4. The third-order valence-corrected chi connectivity index (χ3v) is 4.50. The van der Waals surface area contributed by atoms with Gasteiger partial charge in [-0.2, -0.15) is 0 Å². The molecule has 0 amide bonds. The average molecular weight is 389 g/mol. The standard InChI is InChI=1S/C15H23Cl2N3.2ClH/c1-2-3-4-5-14(20-8-6-18-7-9-20)15-12(16)10-19-11-13(15)17;;/h10-11,14,18H,2-9H2,1H3;2*1H/t14-;;/m0../s1. The molecule has 1 aromatic heterocycles. The van der Waals surface area contributed by atoms with Crippen LogP contribution in [0.25, 0.3) is 0 Å². The van der Waals surface area contributed by atoms with Gasteiger partial charge in [0.15, 0.2) is 0 Å². The lowest BCUT2D eigenvalue weighted by Crippen LogP contribution is -2.45. The van der Waals surface area contributed by atoms with Crippen molar-refractivity contribution in [3.63, 3.8) is 0 Å². The monoisotopic (exact) mass is 387 g/mol. The Morgan fingerprint density at radius 3 is 2.27 bits per heavy atom. The predicted molar refractivity (Wildman–Crippen MR) is 100 cm³/mol. The Bertz CT molecular complexity index is 405. The molecule has 0 unspecified atom stereocenters. The van der Waals surface area contributed by atoms with E-state index in [1.807, 2.05) is 0 Å². The summed E-state index contributed by atoms with van der Waals surface area (Å²) in [5.41, 5.74) is 1.06. The number of piperazine rings is 1. The van der Waals surface area contributed by atoms with Crippen LogP contribution in [0, 0.1) is 0 Å². The van der Waals surface area contributed by atoms with Gasteiger partial charge in [-0.25, -0.2) is 0 Å². The second kappa shape index (κ2) is 11.7. The van der Waals surface area contributed by atoms with E-state index in [9.17, 15) is 0 Å². The van der Waals surface area contributed by atoms with E-state index in [-0.39, 0.29) is 24.8 Å². The molecule has 128 valence electrons. The summed E-state index contributed by atoms with van der Waals surface area (Å²) in [7, 11) is 0. The van der Waals surface area contributed by atoms with Crippen LogP contribution < -0.4 is 5.32 Å². The summed E-state index contributed by atoms with van der Waals surface area (Å²) >= 11 is 12.7. The van der Waals surface area contributed by atoms with E-state index in [1.54, 1.807) is 12.4 Å². The smallest absolute Gasteiger partial charge is 0.0652 e. The van der Waals surface area contributed by atoms with E-state index in [0.29, 0.717) is 16.1 Å². The number of nitrogens with zero attached hydrogens (tertiary/aromatic N) is 2. The van der Waals surface area contributed by atoms with Crippen LogP contribution in [0.5, 0.6) is 0 Å². The quantitative estimate of drug-likeness (QED) is 0.712. The zero-order valence-electron chi connectivity index (χ0n) is 12.9. The molecule has 0 saturated carbocycles. The largest absolute Gasteiger partial charge is 0.314 e. The fourth-order valence-corrected chi connectivity index (χ4v) is 3.45. The molecule has 1 saturated heterocycles. The van der Waals surface area contributed by atoms with Gasteiger partial charge < -0.3 is 5.32 Å². The highest BCUT2D eigenvalue weighted by atomic mass is 35.5. The summed E-state index contributed by atoms with van der Waals surface area (Å²) in [5, 5.41) is 4.78. The first-order chi connectivity index (χ1) is 9.74. The molecule has 7 heteroatoms. The third-order valence-electron chi connectivity index (χ3n) is 3.90. The van der Waals surface area contributed by atoms with Gasteiger partial charge in [-0.3, -0.25) is 9.88 Å². The number of unbranched alkanes of at least 4 members (excludes halogenated alkanes) is 2. The normalized spacial score (nSPS) is 16.5. The number of rotatable bonds is 6. The molecule has 0 aliphatic carbocycles. The van der Waals surface area contributed by atoms with Gasteiger partial charge in [0.25, 0.3) is 0 Å². The van der Waals surface area contributed by atoms with Gasteiger partial charge in [0.2, 0.25) is 0 Å². The van der Waals surface area contributed by atoms with Crippen molar-refractivity contribution in [2.45, 2.75) is 38.6 Å². The maximum Gasteiger partial charge on any atom is 0.0652 e. The van der Waals surface area contributed by atoms with Gasteiger partial charge in [-0.1, -0.05) is 49.4 Å². The van der Waals surface area contributed by atoms with E-state index in [2.05, 4.69) is 22.1 Å². The number of aromatic nitrogens is 1. The van der Waals surface area contributed by atoms with Gasteiger partial charge in [0.05, 0.1) is 10.0 Å². The van der Waals surface area contributed by atoms with E-state index in [4.69, 9.17) is 23.2 Å². The molecule has 0 spiro atoms. The first kappa shape index (κ1) is 22.2.